The van der Waals surface area contributed by atoms with Crippen molar-refractivity contribution in [3.63, 3.8) is 0 Å². The van der Waals surface area contributed by atoms with Crippen LogP contribution in [0.4, 0.5) is 0 Å². The van der Waals surface area contributed by atoms with Crippen LogP contribution in [0.2, 0.25) is 0 Å². The van der Waals surface area contributed by atoms with Crippen molar-refractivity contribution in [3.05, 3.63) is 59.7 Å². The fraction of sp³-hybridized carbons (Fsp3) is 0.429. The van der Waals surface area contributed by atoms with Crippen LogP contribution in [0.3, 0.4) is 0 Å². The molecule has 0 amide bonds. The highest BCUT2D eigenvalue weighted by Gasteiger charge is 2.43. The van der Waals surface area contributed by atoms with Gasteiger partial charge in [0.15, 0.2) is 6.29 Å². The van der Waals surface area contributed by atoms with E-state index in [0.29, 0.717) is 11.8 Å². The predicted octanol–water partition coefficient (Wildman–Crippen LogP) is 3.26. The summed E-state index contributed by atoms with van der Waals surface area (Å²) in [6, 6.07) is 15.9. The number of aliphatic hydroxyl groups is 1. The zero-order valence-corrected chi connectivity index (χ0v) is 14.1. The van der Waals surface area contributed by atoms with E-state index in [1.54, 1.807) is 0 Å². The first-order valence-corrected chi connectivity index (χ1v) is 9.21. The molecule has 3 unspecified atom stereocenters. The summed E-state index contributed by atoms with van der Waals surface area (Å²) in [7, 11) is 0. The van der Waals surface area contributed by atoms with Crippen molar-refractivity contribution in [2.45, 2.75) is 31.2 Å². The molecule has 2 aromatic carbocycles. The van der Waals surface area contributed by atoms with Crippen LogP contribution in [-0.4, -0.2) is 30.6 Å². The van der Waals surface area contributed by atoms with E-state index in [2.05, 4.69) is 5.32 Å². The lowest BCUT2D eigenvalue weighted by molar-refractivity contribution is -0.168. The molecule has 3 aliphatic rings. The zero-order chi connectivity index (χ0) is 16.8. The number of nitrogens with one attached hydrogen (secondary N) is 1. The van der Waals surface area contributed by atoms with Crippen LogP contribution in [0.15, 0.2) is 48.5 Å². The molecule has 1 aliphatic carbocycles. The Balaban J connectivity index is 1.48. The highest BCUT2D eigenvalue weighted by molar-refractivity contribution is 5.53. The van der Waals surface area contributed by atoms with Crippen molar-refractivity contribution in [1.82, 2.24) is 5.32 Å². The lowest BCUT2D eigenvalue weighted by Crippen LogP contribution is -2.45. The molecule has 1 saturated heterocycles. The van der Waals surface area contributed by atoms with Gasteiger partial charge in [0, 0.05) is 24.2 Å². The molecule has 2 bridgehead atoms. The van der Waals surface area contributed by atoms with Gasteiger partial charge in [0.25, 0.3) is 0 Å². The third-order valence-corrected chi connectivity index (χ3v) is 5.96. The highest BCUT2D eigenvalue weighted by atomic mass is 16.6. The van der Waals surface area contributed by atoms with Gasteiger partial charge in [0.05, 0.1) is 12.0 Å². The summed E-state index contributed by atoms with van der Waals surface area (Å²) in [5, 5.41) is 14.6. The third-order valence-electron chi connectivity index (χ3n) is 5.96. The Hall–Kier alpha value is -1.88. The number of para-hydroxylation sites is 2. The summed E-state index contributed by atoms with van der Waals surface area (Å²) in [6.07, 6.45) is 1.67. The number of rotatable bonds is 3. The van der Waals surface area contributed by atoms with E-state index in [1.165, 1.54) is 12.8 Å². The minimum atomic E-state index is -0.864. The first-order valence-electron chi connectivity index (χ1n) is 9.21. The molecule has 4 nitrogen and oxygen atoms in total. The van der Waals surface area contributed by atoms with E-state index in [4.69, 9.17) is 9.47 Å². The maximum Gasteiger partial charge on any atom is 0.166 e. The second-order valence-electron chi connectivity index (χ2n) is 7.40. The van der Waals surface area contributed by atoms with E-state index < -0.39 is 6.29 Å². The van der Waals surface area contributed by atoms with Crippen LogP contribution in [0.25, 0.3) is 0 Å². The molecule has 130 valence electrons. The Morgan fingerprint density at radius 2 is 1.48 bits per heavy atom. The molecule has 0 radical (unpaired) electrons. The summed E-state index contributed by atoms with van der Waals surface area (Å²) in [5.41, 5.74) is 1.99. The number of aliphatic hydroxyl groups excluding tert-OH is 1. The molecule has 2 aliphatic heterocycles. The molecule has 4 heteroatoms. The van der Waals surface area contributed by atoms with Gasteiger partial charge in [0.1, 0.15) is 11.5 Å². The quantitative estimate of drug-likeness (QED) is 0.844. The Kier molecular flexibility index (Phi) is 3.77. The summed E-state index contributed by atoms with van der Waals surface area (Å²) >= 11 is 0. The number of hydrogen-bond donors (Lipinski definition) is 2. The van der Waals surface area contributed by atoms with Crippen LogP contribution < -0.4 is 10.1 Å². The van der Waals surface area contributed by atoms with Crippen molar-refractivity contribution in [3.8, 4) is 11.5 Å². The van der Waals surface area contributed by atoms with Gasteiger partial charge in [-0.1, -0.05) is 36.4 Å². The zero-order valence-electron chi connectivity index (χ0n) is 14.1. The topological polar surface area (TPSA) is 50.7 Å². The summed E-state index contributed by atoms with van der Waals surface area (Å²) in [4.78, 5) is 0. The van der Waals surface area contributed by atoms with Crippen molar-refractivity contribution in [2.75, 3.05) is 13.1 Å². The number of benzene rings is 2. The predicted molar refractivity (Wildman–Crippen MR) is 94.8 cm³/mol. The van der Waals surface area contributed by atoms with Gasteiger partial charge in [-0.2, -0.15) is 0 Å². The van der Waals surface area contributed by atoms with Gasteiger partial charge in [0.2, 0.25) is 0 Å². The molecule has 2 heterocycles. The molecule has 5 rings (SSSR count). The Bertz CT molecular complexity index is 716. The first-order chi connectivity index (χ1) is 12.3. The molecule has 25 heavy (non-hydrogen) atoms. The van der Waals surface area contributed by atoms with Crippen molar-refractivity contribution >= 4 is 0 Å². The molecular formula is C21H23NO3. The van der Waals surface area contributed by atoms with Gasteiger partial charge >= 0.3 is 0 Å². The van der Waals surface area contributed by atoms with Crippen molar-refractivity contribution in [1.29, 1.82) is 0 Å². The summed E-state index contributed by atoms with van der Waals surface area (Å²) in [5.74, 6) is 2.43. The Morgan fingerprint density at radius 3 is 2.08 bits per heavy atom. The molecule has 2 N–H and O–H groups in total. The molecule has 2 fully saturated rings. The number of hydrogen-bond acceptors (Lipinski definition) is 4. The van der Waals surface area contributed by atoms with Crippen LogP contribution >= 0.6 is 0 Å². The maximum absolute atomic E-state index is 11.1. The fourth-order valence-corrected chi connectivity index (χ4v) is 4.75. The van der Waals surface area contributed by atoms with Crippen LogP contribution in [0.5, 0.6) is 11.5 Å². The molecule has 0 spiro atoms. The summed E-state index contributed by atoms with van der Waals surface area (Å²) < 4.78 is 12.3. The van der Waals surface area contributed by atoms with E-state index in [-0.39, 0.29) is 12.0 Å². The van der Waals surface area contributed by atoms with Gasteiger partial charge in [-0.25, -0.2) is 0 Å². The average molecular weight is 337 g/mol. The molecular weight excluding hydrogens is 314 g/mol. The van der Waals surface area contributed by atoms with Crippen molar-refractivity contribution < 1.29 is 14.6 Å². The van der Waals surface area contributed by atoms with Gasteiger partial charge < -0.3 is 19.9 Å². The van der Waals surface area contributed by atoms with Gasteiger partial charge in [-0.05, 0) is 36.8 Å². The number of fused-ring (bicyclic) bond motifs is 4. The van der Waals surface area contributed by atoms with Gasteiger partial charge in [-0.15, -0.1) is 0 Å². The van der Waals surface area contributed by atoms with E-state index >= 15 is 0 Å². The normalized spacial score (nSPS) is 28.8. The molecule has 2 aromatic rings. The number of piperidine rings is 1. The monoisotopic (exact) mass is 337 g/mol. The minimum Gasteiger partial charge on any atom is -0.457 e. The lowest BCUT2D eigenvalue weighted by atomic mass is 9.87. The smallest absolute Gasteiger partial charge is 0.166 e. The largest absolute Gasteiger partial charge is 0.457 e. The van der Waals surface area contributed by atoms with E-state index in [0.717, 1.165) is 35.7 Å². The van der Waals surface area contributed by atoms with E-state index in [9.17, 15) is 5.11 Å². The van der Waals surface area contributed by atoms with Gasteiger partial charge in [-0.3, -0.25) is 0 Å². The molecule has 3 atom stereocenters. The van der Waals surface area contributed by atoms with Crippen LogP contribution in [0, 0.1) is 11.8 Å². The SMILES string of the molecule is OC(OC1C2CCC1CNC2)C1c2ccccc2Oc2ccccc21. The minimum absolute atomic E-state index is 0.151. The average Bonchev–Trinajstić information content (AvgIpc) is 2.86. The second kappa shape index (κ2) is 6.13. The Morgan fingerprint density at radius 1 is 0.920 bits per heavy atom. The van der Waals surface area contributed by atoms with Crippen LogP contribution in [-0.2, 0) is 4.74 Å². The second-order valence-corrected chi connectivity index (χ2v) is 7.40. The standard InChI is InChI=1S/C21H23NO3/c23-21(25-20-13-9-10-14(20)12-22-11-13)19-15-5-1-3-7-17(15)24-18-8-4-2-6-16(18)19/h1-8,13-14,19-23H,9-12H2. The fourth-order valence-electron chi connectivity index (χ4n) is 4.75. The van der Waals surface area contributed by atoms with E-state index in [1.807, 2.05) is 48.5 Å². The highest BCUT2D eigenvalue weighted by Crippen LogP contribution is 2.47. The first kappa shape index (κ1) is 15.4. The lowest BCUT2D eigenvalue weighted by Gasteiger charge is -2.36. The Labute approximate surface area is 147 Å². The maximum atomic E-state index is 11.1. The molecule has 1 saturated carbocycles. The third kappa shape index (κ3) is 2.56. The van der Waals surface area contributed by atoms with Crippen LogP contribution in [0.1, 0.15) is 29.9 Å². The molecule has 0 aromatic heterocycles. The summed E-state index contributed by atoms with van der Waals surface area (Å²) in [6.45, 7) is 1.99. The number of ether oxygens (including phenoxy) is 2. The van der Waals surface area contributed by atoms with Crippen molar-refractivity contribution in [2.24, 2.45) is 11.8 Å².